The first-order chi connectivity index (χ1) is 12.1. The number of methoxy groups -OCH3 is 1. The number of anilines is 1. The minimum absolute atomic E-state index is 0.199. The lowest BCUT2D eigenvalue weighted by Gasteiger charge is -2.09. The Balaban J connectivity index is 1.99. The van der Waals surface area contributed by atoms with Crippen molar-refractivity contribution < 1.29 is 4.74 Å². The van der Waals surface area contributed by atoms with Crippen LogP contribution >= 0.6 is 0 Å². The van der Waals surface area contributed by atoms with Gasteiger partial charge in [0, 0.05) is 19.9 Å². The van der Waals surface area contributed by atoms with Crippen LogP contribution in [0.1, 0.15) is 11.1 Å². The zero-order valence-electron chi connectivity index (χ0n) is 14.1. The number of nitrogens with one attached hydrogen (secondary N) is 2. The number of aryl methyl sites for hydroxylation is 1. The van der Waals surface area contributed by atoms with E-state index >= 15 is 0 Å². The van der Waals surface area contributed by atoms with Crippen molar-refractivity contribution in [3.63, 3.8) is 0 Å². The summed E-state index contributed by atoms with van der Waals surface area (Å²) in [5.41, 5.74) is 1.23. The summed E-state index contributed by atoms with van der Waals surface area (Å²) in [6, 6.07) is 7.63. The summed E-state index contributed by atoms with van der Waals surface area (Å²) >= 11 is 0. The van der Waals surface area contributed by atoms with Gasteiger partial charge in [-0.15, -0.1) is 0 Å². The summed E-state index contributed by atoms with van der Waals surface area (Å²) in [6.45, 7) is 3.16. The second kappa shape index (κ2) is 7.27. The highest BCUT2D eigenvalue weighted by Gasteiger charge is 2.11. The Hall–Kier alpha value is -3.00. The van der Waals surface area contributed by atoms with Crippen molar-refractivity contribution in [2.24, 2.45) is 0 Å². The van der Waals surface area contributed by atoms with Gasteiger partial charge in [-0.2, -0.15) is 4.98 Å². The van der Waals surface area contributed by atoms with Crippen LogP contribution in [0.15, 0.2) is 40.1 Å². The molecule has 0 aliphatic carbocycles. The Bertz CT molecular complexity index is 1010. The molecule has 1 aromatic carbocycles. The molecule has 0 fully saturated rings. The number of rotatable bonds is 6. The summed E-state index contributed by atoms with van der Waals surface area (Å²) < 4.78 is 6.10. The first-order valence-corrected chi connectivity index (χ1v) is 7.87. The molecule has 0 spiro atoms. The van der Waals surface area contributed by atoms with E-state index in [9.17, 15) is 9.59 Å². The Kier molecular flexibility index (Phi) is 4.90. The number of fused-ring (bicyclic) bond motifs is 1. The minimum Gasteiger partial charge on any atom is -0.383 e. The molecular formula is C17H19N5O3. The third-order valence-corrected chi connectivity index (χ3v) is 3.91. The fourth-order valence-electron chi connectivity index (χ4n) is 2.49. The lowest BCUT2D eigenvalue weighted by molar-refractivity contribution is 0.210. The molecule has 0 saturated carbocycles. The number of benzene rings is 1. The standard InChI is InChI=1S/C17H19N5O3/c1-11-5-3-4-6-12(11)10-22-15(23)13-9-19-16(18-7-8-25-2)20-14(13)21-17(22)24/h3-6,9H,7-8,10H2,1-2H3,(H2,18,19,20,21,24). The number of aromatic amines is 1. The molecule has 2 N–H and O–H groups in total. The highest BCUT2D eigenvalue weighted by molar-refractivity contribution is 5.73. The van der Waals surface area contributed by atoms with Gasteiger partial charge in [-0.3, -0.25) is 14.3 Å². The number of ether oxygens (including phenoxy) is 1. The van der Waals surface area contributed by atoms with Gasteiger partial charge in [0.25, 0.3) is 5.56 Å². The molecule has 3 rings (SSSR count). The van der Waals surface area contributed by atoms with Gasteiger partial charge in [0.2, 0.25) is 5.95 Å². The van der Waals surface area contributed by atoms with Gasteiger partial charge in [0.15, 0.2) is 5.65 Å². The lowest BCUT2D eigenvalue weighted by atomic mass is 10.1. The third kappa shape index (κ3) is 3.58. The first-order valence-electron chi connectivity index (χ1n) is 7.87. The maximum Gasteiger partial charge on any atom is 0.330 e. The smallest absolute Gasteiger partial charge is 0.330 e. The van der Waals surface area contributed by atoms with E-state index in [0.29, 0.717) is 19.1 Å². The number of H-pyrrole nitrogens is 1. The summed E-state index contributed by atoms with van der Waals surface area (Å²) in [4.78, 5) is 36.0. The Morgan fingerprint density at radius 2 is 2.08 bits per heavy atom. The van der Waals surface area contributed by atoms with E-state index in [1.807, 2.05) is 31.2 Å². The molecule has 3 aromatic rings. The first kappa shape index (κ1) is 16.8. The molecule has 0 atom stereocenters. The van der Waals surface area contributed by atoms with Gasteiger partial charge in [0.1, 0.15) is 5.39 Å². The molecule has 0 radical (unpaired) electrons. The van der Waals surface area contributed by atoms with E-state index in [1.165, 1.54) is 6.20 Å². The van der Waals surface area contributed by atoms with E-state index in [-0.39, 0.29) is 17.6 Å². The molecule has 2 heterocycles. The van der Waals surface area contributed by atoms with Gasteiger partial charge in [-0.1, -0.05) is 24.3 Å². The Morgan fingerprint density at radius 3 is 2.84 bits per heavy atom. The molecule has 0 saturated heterocycles. The molecule has 0 amide bonds. The van der Waals surface area contributed by atoms with Crippen molar-refractivity contribution in [3.8, 4) is 0 Å². The molecule has 2 aromatic heterocycles. The number of nitrogens with zero attached hydrogens (tertiary/aromatic N) is 3. The largest absolute Gasteiger partial charge is 0.383 e. The predicted molar refractivity (Wildman–Crippen MR) is 95.1 cm³/mol. The van der Waals surface area contributed by atoms with Crippen LogP contribution in [0.5, 0.6) is 0 Å². The predicted octanol–water partition coefficient (Wildman–Crippen LogP) is 0.895. The van der Waals surface area contributed by atoms with Crippen molar-refractivity contribution >= 4 is 17.0 Å². The van der Waals surface area contributed by atoms with Crippen LogP contribution in [0.2, 0.25) is 0 Å². The average molecular weight is 341 g/mol. The summed E-state index contributed by atoms with van der Waals surface area (Å²) in [6.07, 6.45) is 1.42. The zero-order chi connectivity index (χ0) is 17.8. The SMILES string of the molecule is COCCNc1ncc2c(=O)n(Cc3ccccc3C)c(=O)[nH]c2n1. The van der Waals surface area contributed by atoms with Crippen LogP contribution in [0.4, 0.5) is 5.95 Å². The number of hydrogen-bond acceptors (Lipinski definition) is 6. The molecule has 0 aliphatic heterocycles. The van der Waals surface area contributed by atoms with Gasteiger partial charge in [0.05, 0.1) is 13.2 Å². The summed E-state index contributed by atoms with van der Waals surface area (Å²) in [7, 11) is 1.59. The Labute approximate surface area is 143 Å². The maximum atomic E-state index is 12.7. The highest BCUT2D eigenvalue weighted by Crippen LogP contribution is 2.08. The minimum atomic E-state index is -0.498. The van der Waals surface area contributed by atoms with E-state index < -0.39 is 11.2 Å². The Morgan fingerprint density at radius 1 is 1.28 bits per heavy atom. The van der Waals surface area contributed by atoms with Crippen LogP contribution in [-0.4, -0.2) is 39.8 Å². The lowest BCUT2D eigenvalue weighted by Crippen LogP contribution is -2.36. The van der Waals surface area contributed by atoms with Crippen molar-refractivity contribution in [3.05, 3.63) is 62.4 Å². The summed E-state index contributed by atoms with van der Waals surface area (Å²) in [5.74, 6) is 0.330. The molecule has 130 valence electrons. The molecule has 8 heteroatoms. The molecular weight excluding hydrogens is 322 g/mol. The number of hydrogen-bond donors (Lipinski definition) is 2. The van der Waals surface area contributed by atoms with Gasteiger partial charge >= 0.3 is 5.69 Å². The van der Waals surface area contributed by atoms with Gasteiger partial charge in [-0.05, 0) is 18.1 Å². The maximum absolute atomic E-state index is 12.7. The van der Waals surface area contributed by atoms with Crippen LogP contribution in [-0.2, 0) is 11.3 Å². The van der Waals surface area contributed by atoms with Crippen LogP contribution in [0, 0.1) is 6.92 Å². The third-order valence-electron chi connectivity index (χ3n) is 3.91. The van der Waals surface area contributed by atoms with Gasteiger partial charge in [-0.25, -0.2) is 9.78 Å². The molecule has 8 nitrogen and oxygen atoms in total. The molecule has 0 aliphatic rings. The van der Waals surface area contributed by atoms with E-state index in [2.05, 4.69) is 20.3 Å². The van der Waals surface area contributed by atoms with Crippen molar-refractivity contribution in [2.75, 3.05) is 25.6 Å². The molecule has 0 unspecified atom stereocenters. The molecule has 25 heavy (non-hydrogen) atoms. The quantitative estimate of drug-likeness (QED) is 0.646. The van der Waals surface area contributed by atoms with Gasteiger partial charge < -0.3 is 10.1 Å². The fraction of sp³-hybridized carbons (Fsp3) is 0.294. The monoisotopic (exact) mass is 341 g/mol. The van der Waals surface area contributed by atoms with E-state index in [1.54, 1.807) is 7.11 Å². The average Bonchev–Trinajstić information content (AvgIpc) is 2.60. The zero-order valence-corrected chi connectivity index (χ0v) is 14.1. The second-order valence-corrected chi connectivity index (χ2v) is 5.62. The van der Waals surface area contributed by atoms with Crippen molar-refractivity contribution in [2.45, 2.75) is 13.5 Å². The van der Waals surface area contributed by atoms with Crippen LogP contribution in [0.25, 0.3) is 11.0 Å². The topological polar surface area (TPSA) is 102 Å². The van der Waals surface area contributed by atoms with Crippen molar-refractivity contribution in [1.82, 2.24) is 19.5 Å². The summed E-state index contributed by atoms with van der Waals surface area (Å²) in [5, 5.41) is 3.23. The van der Waals surface area contributed by atoms with Crippen LogP contribution in [0.3, 0.4) is 0 Å². The number of aromatic nitrogens is 4. The normalized spacial score (nSPS) is 11.0. The van der Waals surface area contributed by atoms with E-state index in [0.717, 1.165) is 15.7 Å². The molecule has 0 bridgehead atoms. The second-order valence-electron chi connectivity index (χ2n) is 5.62. The van der Waals surface area contributed by atoms with Crippen LogP contribution < -0.4 is 16.6 Å². The van der Waals surface area contributed by atoms with Crippen molar-refractivity contribution in [1.29, 1.82) is 0 Å². The van der Waals surface area contributed by atoms with E-state index in [4.69, 9.17) is 4.74 Å². The fourth-order valence-corrected chi connectivity index (χ4v) is 2.49. The highest BCUT2D eigenvalue weighted by atomic mass is 16.5.